The summed E-state index contributed by atoms with van der Waals surface area (Å²) in [5.41, 5.74) is 0.0238. The number of carbonyl (C=O) groups is 1. The van der Waals surface area contributed by atoms with Crippen molar-refractivity contribution in [3.63, 3.8) is 0 Å². The third kappa shape index (κ3) is 3.65. The Bertz CT molecular complexity index is 464. The number of ether oxygens (including phenoxy) is 1. The van der Waals surface area contributed by atoms with Crippen LogP contribution in [-0.4, -0.2) is 50.2 Å². The summed E-state index contributed by atoms with van der Waals surface area (Å²) in [7, 11) is 1.63. The van der Waals surface area contributed by atoms with Gasteiger partial charge in [0.05, 0.1) is 18.3 Å². The number of likely N-dealkylation sites (N-methyl/N-ethyl adjacent to an activating group) is 1. The molecule has 2 rings (SSSR count). The first kappa shape index (κ1) is 14.2. The molecule has 0 saturated carbocycles. The van der Waals surface area contributed by atoms with Crippen molar-refractivity contribution in [2.75, 3.05) is 33.3 Å². The van der Waals surface area contributed by atoms with Crippen LogP contribution in [0.3, 0.4) is 0 Å². The highest BCUT2D eigenvalue weighted by atomic mass is 35.5. The standard InChI is InChI=1S/C13H16ClFN2O2/c1-17(8-10-7-16-4-5-19-10)13(18)11-3-2-9(14)6-12(11)15/h2-3,6,10,16H,4-5,7-8H2,1H3. The van der Waals surface area contributed by atoms with Crippen LogP contribution in [0.2, 0.25) is 5.02 Å². The van der Waals surface area contributed by atoms with Gasteiger partial charge in [0, 0.05) is 31.7 Å². The fourth-order valence-electron chi connectivity index (χ4n) is 1.99. The number of nitrogens with zero attached hydrogens (tertiary/aromatic N) is 1. The van der Waals surface area contributed by atoms with E-state index in [0.717, 1.165) is 12.6 Å². The van der Waals surface area contributed by atoms with Gasteiger partial charge < -0.3 is 15.0 Å². The topological polar surface area (TPSA) is 41.6 Å². The molecule has 1 saturated heterocycles. The first-order chi connectivity index (χ1) is 9.08. The van der Waals surface area contributed by atoms with Crippen molar-refractivity contribution in [2.45, 2.75) is 6.10 Å². The molecule has 0 aromatic heterocycles. The minimum Gasteiger partial charge on any atom is -0.374 e. The zero-order chi connectivity index (χ0) is 13.8. The summed E-state index contributed by atoms with van der Waals surface area (Å²) < 4.78 is 19.2. The number of benzene rings is 1. The largest absolute Gasteiger partial charge is 0.374 e. The quantitative estimate of drug-likeness (QED) is 0.916. The maximum atomic E-state index is 13.7. The molecule has 1 aliphatic heterocycles. The van der Waals surface area contributed by atoms with Gasteiger partial charge in [0.2, 0.25) is 0 Å². The highest BCUT2D eigenvalue weighted by Crippen LogP contribution is 2.16. The van der Waals surface area contributed by atoms with E-state index in [9.17, 15) is 9.18 Å². The smallest absolute Gasteiger partial charge is 0.256 e. The van der Waals surface area contributed by atoms with Crippen LogP contribution in [0.4, 0.5) is 4.39 Å². The minimum absolute atomic E-state index is 0.0238. The number of carbonyl (C=O) groups excluding carboxylic acids is 1. The summed E-state index contributed by atoms with van der Waals surface area (Å²) in [5, 5.41) is 3.46. The Kier molecular flexibility index (Phi) is 4.74. The molecule has 0 aliphatic carbocycles. The molecule has 1 aromatic carbocycles. The van der Waals surface area contributed by atoms with E-state index in [1.54, 1.807) is 7.05 Å². The molecule has 1 atom stereocenters. The molecule has 1 heterocycles. The molecule has 1 aromatic rings. The van der Waals surface area contributed by atoms with E-state index in [-0.39, 0.29) is 22.6 Å². The predicted octanol–water partition coefficient (Wildman–Crippen LogP) is 1.54. The van der Waals surface area contributed by atoms with Crippen LogP contribution in [0.5, 0.6) is 0 Å². The minimum atomic E-state index is -0.605. The fraction of sp³-hybridized carbons (Fsp3) is 0.462. The molecule has 1 N–H and O–H groups in total. The summed E-state index contributed by atoms with van der Waals surface area (Å²) in [6, 6.07) is 4.04. The van der Waals surface area contributed by atoms with Crippen LogP contribution in [0.25, 0.3) is 0 Å². The van der Waals surface area contributed by atoms with Crippen LogP contribution < -0.4 is 5.32 Å². The Morgan fingerprint density at radius 2 is 2.42 bits per heavy atom. The van der Waals surface area contributed by atoms with E-state index in [2.05, 4.69) is 5.32 Å². The van der Waals surface area contributed by atoms with Gasteiger partial charge in [0.15, 0.2) is 0 Å². The van der Waals surface area contributed by atoms with Crippen LogP contribution in [-0.2, 0) is 4.74 Å². The van der Waals surface area contributed by atoms with Gasteiger partial charge in [0.25, 0.3) is 5.91 Å². The van der Waals surface area contributed by atoms with Gasteiger partial charge >= 0.3 is 0 Å². The van der Waals surface area contributed by atoms with Crippen molar-refractivity contribution in [1.82, 2.24) is 10.2 Å². The number of hydrogen-bond donors (Lipinski definition) is 1. The normalized spacial score (nSPS) is 19.2. The van der Waals surface area contributed by atoms with E-state index < -0.39 is 5.82 Å². The Labute approximate surface area is 116 Å². The van der Waals surface area contributed by atoms with Gasteiger partial charge in [-0.05, 0) is 18.2 Å². The maximum Gasteiger partial charge on any atom is 0.256 e. The molecular weight excluding hydrogens is 271 g/mol. The first-order valence-corrected chi connectivity index (χ1v) is 6.48. The number of rotatable bonds is 3. The van der Waals surface area contributed by atoms with Crippen molar-refractivity contribution in [3.05, 3.63) is 34.6 Å². The lowest BCUT2D eigenvalue weighted by Crippen LogP contribution is -2.45. The highest BCUT2D eigenvalue weighted by molar-refractivity contribution is 6.30. The number of nitrogens with one attached hydrogen (secondary N) is 1. The summed E-state index contributed by atoms with van der Waals surface area (Å²) in [6.45, 7) is 2.57. The Morgan fingerprint density at radius 3 is 3.05 bits per heavy atom. The Morgan fingerprint density at radius 1 is 1.63 bits per heavy atom. The Hall–Kier alpha value is -1.17. The number of amides is 1. The van der Waals surface area contributed by atoms with Crippen molar-refractivity contribution in [2.24, 2.45) is 0 Å². The SMILES string of the molecule is CN(CC1CNCCO1)C(=O)c1ccc(Cl)cc1F. The summed E-state index contributed by atoms with van der Waals surface area (Å²) in [4.78, 5) is 13.6. The lowest BCUT2D eigenvalue weighted by atomic mass is 10.1. The second-order valence-electron chi connectivity index (χ2n) is 4.51. The monoisotopic (exact) mass is 286 g/mol. The predicted molar refractivity (Wildman–Crippen MR) is 71.0 cm³/mol. The third-order valence-electron chi connectivity index (χ3n) is 2.99. The van der Waals surface area contributed by atoms with E-state index in [0.29, 0.717) is 19.7 Å². The molecule has 6 heteroatoms. The molecule has 0 spiro atoms. The lowest BCUT2D eigenvalue weighted by molar-refractivity contribution is 0.0103. The number of morpholine rings is 1. The number of hydrogen-bond acceptors (Lipinski definition) is 3. The molecule has 1 aliphatic rings. The van der Waals surface area contributed by atoms with Crippen LogP contribution in [0.1, 0.15) is 10.4 Å². The highest BCUT2D eigenvalue weighted by Gasteiger charge is 2.21. The van der Waals surface area contributed by atoms with E-state index >= 15 is 0 Å². The van der Waals surface area contributed by atoms with Crippen molar-refractivity contribution in [3.8, 4) is 0 Å². The molecule has 1 fully saturated rings. The van der Waals surface area contributed by atoms with Crippen molar-refractivity contribution < 1.29 is 13.9 Å². The second kappa shape index (κ2) is 6.32. The molecule has 0 radical (unpaired) electrons. The summed E-state index contributed by atoms with van der Waals surface area (Å²) in [6.07, 6.45) is -0.0574. The lowest BCUT2D eigenvalue weighted by Gasteiger charge is -2.28. The molecule has 0 bridgehead atoms. The van der Waals surface area contributed by atoms with Crippen LogP contribution in [0, 0.1) is 5.82 Å². The summed E-state index contributed by atoms with van der Waals surface area (Å²) >= 11 is 5.66. The Balaban J connectivity index is 2.01. The first-order valence-electron chi connectivity index (χ1n) is 6.11. The van der Waals surface area contributed by atoms with Gasteiger partial charge in [-0.15, -0.1) is 0 Å². The molecular formula is C13H16ClFN2O2. The maximum absolute atomic E-state index is 13.7. The van der Waals surface area contributed by atoms with E-state index in [1.165, 1.54) is 17.0 Å². The molecule has 4 nitrogen and oxygen atoms in total. The average molecular weight is 287 g/mol. The van der Waals surface area contributed by atoms with Gasteiger partial charge in [-0.2, -0.15) is 0 Å². The molecule has 1 amide bonds. The zero-order valence-corrected chi connectivity index (χ0v) is 11.4. The molecule has 104 valence electrons. The van der Waals surface area contributed by atoms with Gasteiger partial charge in [0.1, 0.15) is 5.82 Å². The fourth-order valence-corrected chi connectivity index (χ4v) is 2.15. The molecule has 19 heavy (non-hydrogen) atoms. The van der Waals surface area contributed by atoms with Gasteiger partial charge in [-0.3, -0.25) is 4.79 Å². The third-order valence-corrected chi connectivity index (χ3v) is 3.23. The molecule has 1 unspecified atom stereocenters. The van der Waals surface area contributed by atoms with Crippen molar-refractivity contribution in [1.29, 1.82) is 0 Å². The van der Waals surface area contributed by atoms with E-state index in [1.807, 2.05) is 0 Å². The van der Waals surface area contributed by atoms with Gasteiger partial charge in [-0.25, -0.2) is 4.39 Å². The van der Waals surface area contributed by atoms with Crippen LogP contribution in [0.15, 0.2) is 18.2 Å². The van der Waals surface area contributed by atoms with E-state index in [4.69, 9.17) is 16.3 Å². The summed E-state index contributed by atoms with van der Waals surface area (Å²) in [5.74, 6) is -0.977. The average Bonchev–Trinajstić information content (AvgIpc) is 2.39. The number of halogens is 2. The second-order valence-corrected chi connectivity index (χ2v) is 4.94. The van der Waals surface area contributed by atoms with Crippen molar-refractivity contribution >= 4 is 17.5 Å². The van der Waals surface area contributed by atoms with Crippen LogP contribution >= 0.6 is 11.6 Å². The van der Waals surface area contributed by atoms with Gasteiger partial charge in [-0.1, -0.05) is 11.6 Å². The zero-order valence-electron chi connectivity index (χ0n) is 10.7.